The molecule has 3 aliphatic heterocycles. The lowest BCUT2D eigenvalue weighted by Gasteiger charge is -2.46. The van der Waals surface area contributed by atoms with Crippen molar-refractivity contribution in [1.82, 2.24) is 60.0 Å². The number of hydrogen-bond acceptors (Lipinski definition) is 14. The van der Waals surface area contributed by atoms with Crippen LogP contribution in [0.4, 0.5) is 43.9 Å². The maximum atomic E-state index is 15.6. The molecule has 2 saturated heterocycles. The van der Waals surface area contributed by atoms with Gasteiger partial charge >= 0.3 is 12.4 Å². The van der Waals surface area contributed by atoms with E-state index in [4.69, 9.17) is 9.47 Å². The van der Waals surface area contributed by atoms with Crippen molar-refractivity contribution in [3.05, 3.63) is 82.4 Å². The highest BCUT2D eigenvalue weighted by Crippen LogP contribution is 2.40. The van der Waals surface area contributed by atoms with Crippen LogP contribution in [0.25, 0.3) is 0 Å². The Bertz CT molecular complexity index is 3710. The number of rotatable bonds is 16. The number of halogens is 10. The average Bonchev–Trinajstić information content (AvgIpc) is 1.67. The first-order chi connectivity index (χ1) is 52.1. The average molecular weight is 1590 g/mol. The van der Waals surface area contributed by atoms with Crippen LogP contribution < -0.4 is 16.0 Å². The number of ether oxygens (including phenoxy) is 2. The van der Waals surface area contributed by atoms with Gasteiger partial charge in [0.2, 0.25) is 77.3 Å². The molecule has 2 aromatic carbocycles. The SMILES string of the molecule is CCO[C@@H]1C[C@H]2C(=O)NC3(CCC3)C(=O)N(C)[C@@H](C3CCCC3)C(=O)N(C)[C@H](C(=O)N(C)CCOC)CC(=O)N(C)[C@@H](CC(F)F)C(=O)N[C@@H]([C@@H](C)CC)C(=O)N(C)CC(=O)N(C)[C@H]3C/C=C\CCN(C3=O)[C@@H](Cc3ccc(C(F)(F)F)cc3)C(=O)N(C)CC(=O)N[C@@H](CCc3cc(F)c(C(F)(F)F)c(F)c3)C(=O)N2C1. The minimum atomic E-state index is -5.48. The first kappa shape index (κ1) is 89.2. The summed E-state index contributed by atoms with van der Waals surface area (Å²) in [5, 5.41) is 7.87. The molecule has 10 atom stereocenters. The van der Waals surface area contributed by atoms with Crippen molar-refractivity contribution in [2.24, 2.45) is 11.8 Å². The summed E-state index contributed by atoms with van der Waals surface area (Å²) in [5.74, 6) is -17.2. The van der Waals surface area contributed by atoms with E-state index in [1.807, 2.05) is 0 Å². The highest BCUT2D eigenvalue weighted by molar-refractivity contribution is 6.01. The molecule has 2 saturated carbocycles. The second-order valence-corrected chi connectivity index (χ2v) is 29.5. The zero-order valence-electron chi connectivity index (χ0n) is 64.3. The van der Waals surface area contributed by atoms with E-state index < -0.39 is 235 Å². The fraction of sp³-hybridized carbons (Fsp3) is 0.653. The number of nitrogens with one attached hydrogen (secondary N) is 3. The zero-order chi connectivity index (χ0) is 82.5. The number of carbonyl (C=O) groups excluding carboxylic acids is 12. The highest BCUT2D eigenvalue weighted by Gasteiger charge is 2.54. The number of fused-ring (bicyclic) bond motifs is 3. The van der Waals surface area contributed by atoms with Gasteiger partial charge in [-0.25, -0.2) is 17.6 Å². The van der Waals surface area contributed by atoms with E-state index in [1.165, 1.54) is 49.3 Å². The molecule has 0 unspecified atom stereocenters. The zero-order valence-corrected chi connectivity index (χ0v) is 64.3. The Morgan fingerprint density at radius 1 is 0.694 bits per heavy atom. The van der Waals surface area contributed by atoms with E-state index in [2.05, 4.69) is 16.0 Å². The third kappa shape index (κ3) is 21.8. The van der Waals surface area contributed by atoms with Crippen molar-refractivity contribution in [3.8, 4) is 0 Å². The van der Waals surface area contributed by atoms with Gasteiger partial charge in [0.1, 0.15) is 71.1 Å². The van der Waals surface area contributed by atoms with E-state index in [1.54, 1.807) is 26.0 Å². The number of aryl methyl sites for hydroxylation is 1. The van der Waals surface area contributed by atoms with E-state index in [0.29, 0.717) is 49.1 Å². The third-order valence-electron chi connectivity index (χ3n) is 22.0. The lowest BCUT2D eigenvalue weighted by molar-refractivity contribution is -0.158. The van der Waals surface area contributed by atoms with Crippen molar-refractivity contribution in [3.63, 3.8) is 0 Å². The fourth-order valence-electron chi connectivity index (χ4n) is 15.1. The normalized spacial score (nSPS) is 25.7. The molecule has 36 heteroatoms. The Labute approximate surface area is 638 Å². The molecule has 3 N–H and O–H groups in total. The summed E-state index contributed by atoms with van der Waals surface area (Å²) in [7, 11) is 9.77. The third-order valence-corrected chi connectivity index (χ3v) is 22.0. The summed E-state index contributed by atoms with van der Waals surface area (Å²) in [6.07, 6.45) is -13.5. The topological polar surface area (TPSA) is 289 Å². The summed E-state index contributed by atoms with van der Waals surface area (Å²) in [6.45, 7) is 2.20. The van der Waals surface area contributed by atoms with Gasteiger partial charge in [-0.15, -0.1) is 0 Å². The van der Waals surface area contributed by atoms with Gasteiger partial charge in [0.05, 0.1) is 37.8 Å². The van der Waals surface area contributed by atoms with Crippen LogP contribution in [-0.4, -0.2) is 284 Å². The number of alkyl halides is 8. The Hall–Kier alpha value is -8.96. The summed E-state index contributed by atoms with van der Waals surface area (Å²) in [5.41, 5.74) is -5.44. The molecule has 5 aliphatic rings. The molecule has 2 aromatic rings. The quantitative estimate of drug-likeness (QED) is 0.141. The summed E-state index contributed by atoms with van der Waals surface area (Å²) < 4.78 is 155. The van der Waals surface area contributed by atoms with Crippen LogP contribution in [-0.2, 0) is 92.2 Å². The number of methoxy groups -OCH3 is 1. The smallest absolute Gasteiger partial charge is 0.383 e. The number of benzene rings is 2. The van der Waals surface area contributed by atoms with Gasteiger partial charge in [0, 0.05) is 102 Å². The Morgan fingerprint density at radius 2 is 1.32 bits per heavy atom. The lowest BCUT2D eigenvalue weighted by Crippen LogP contribution is -2.68. The molecular weight excluding hydrogens is 1480 g/mol. The van der Waals surface area contributed by atoms with Crippen LogP contribution in [0.15, 0.2) is 48.6 Å². The monoisotopic (exact) mass is 1580 g/mol. The van der Waals surface area contributed by atoms with E-state index >= 15 is 37.5 Å². The molecule has 111 heavy (non-hydrogen) atoms. The number of likely N-dealkylation sites (N-methyl/N-ethyl adjacent to an activating group) is 7. The minimum absolute atomic E-state index is 0.0235. The van der Waals surface area contributed by atoms with E-state index in [0.717, 1.165) is 77.6 Å². The molecule has 2 aliphatic carbocycles. The predicted octanol–water partition coefficient (Wildman–Crippen LogP) is 5.36. The first-order valence-electron chi connectivity index (χ1n) is 37.2. The summed E-state index contributed by atoms with van der Waals surface area (Å²) in [6, 6.07) is -9.10. The number of nitrogens with zero attached hydrogens (tertiary/aromatic N) is 9. The molecule has 616 valence electrons. The maximum Gasteiger partial charge on any atom is 0.422 e. The molecular formula is C75H102F10N12O14. The van der Waals surface area contributed by atoms with Crippen LogP contribution in [0.5, 0.6) is 0 Å². The number of amides is 12. The summed E-state index contributed by atoms with van der Waals surface area (Å²) in [4.78, 5) is 189. The van der Waals surface area contributed by atoms with Gasteiger partial charge in [0.15, 0.2) is 0 Å². The molecule has 12 amide bonds. The van der Waals surface area contributed by atoms with Crippen molar-refractivity contribution >= 4 is 70.9 Å². The van der Waals surface area contributed by atoms with Crippen molar-refractivity contribution in [2.75, 3.05) is 102 Å². The first-order valence-corrected chi connectivity index (χ1v) is 37.2. The molecule has 4 fully saturated rings. The van der Waals surface area contributed by atoms with Crippen LogP contribution >= 0.6 is 0 Å². The fourth-order valence-corrected chi connectivity index (χ4v) is 15.1. The van der Waals surface area contributed by atoms with Gasteiger partial charge in [-0.2, -0.15) is 26.3 Å². The van der Waals surface area contributed by atoms with E-state index in [9.17, 15) is 63.9 Å². The second kappa shape index (κ2) is 38.5. The number of hydrogen-bond donors (Lipinski definition) is 3. The lowest BCUT2D eigenvalue weighted by atomic mass is 9.74. The molecule has 0 radical (unpaired) electrons. The van der Waals surface area contributed by atoms with Gasteiger partial charge in [-0.1, -0.05) is 57.4 Å². The molecule has 7 rings (SSSR count). The van der Waals surface area contributed by atoms with Gasteiger partial charge in [-0.05, 0) is 112 Å². The standard InChI is InChI=1S/C75H102F10N12O14/c1-12-43(3)62-70(107)91(6)42-60(100)92(7)52-22-15-14-18-31-96(69(52)106)56(36-44-23-26-47(27-24-44)74(80,81)82)68(105)90(5)41-58(98)86-51(28-25-45-34-49(76)61(50(77)35-45)75(83,84)85)66(103)97-40-48(111-13-2)37-54(97)65(102)88-73(29-19-30-73)72(109)95(10)63(46-20-16-17-21-46)71(108)94(9)55(67(104)89(4)32-33-110-11)39-59(99)93(8)53(38-57(78)79)64(101)87-62/h14-15,23-24,26-27,34-35,43,46,48,51-57,62-63H,12-13,16-22,25,28-33,36-42H2,1-11H3,(H,86,98)(H,87,101)(H,88,102)/b15-14-/t43-,48+,51-,52-,53-,54-,55-,56-,62-,63-/m0/s1. The Balaban J connectivity index is 1.36. The van der Waals surface area contributed by atoms with Crippen LogP contribution in [0.2, 0.25) is 0 Å². The van der Waals surface area contributed by atoms with Gasteiger partial charge < -0.3 is 69.5 Å². The van der Waals surface area contributed by atoms with Crippen molar-refractivity contribution in [2.45, 2.75) is 202 Å². The summed E-state index contributed by atoms with van der Waals surface area (Å²) >= 11 is 0. The molecule has 3 heterocycles. The predicted molar refractivity (Wildman–Crippen MR) is 380 cm³/mol. The van der Waals surface area contributed by atoms with Crippen molar-refractivity contribution in [1.29, 1.82) is 0 Å². The second-order valence-electron chi connectivity index (χ2n) is 29.5. The van der Waals surface area contributed by atoms with E-state index in [-0.39, 0.29) is 76.9 Å². The molecule has 2 bridgehead atoms. The largest absolute Gasteiger partial charge is 0.422 e. The molecule has 26 nitrogen and oxygen atoms in total. The van der Waals surface area contributed by atoms with Crippen LogP contribution in [0.3, 0.4) is 0 Å². The van der Waals surface area contributed by atoms with Gasteiger partial charge in [0.25, 0.3) is 0 Å². The maximum absolute atomic E-state index is 15.6. The molecule has 0 aromatic heterocycles. The highest BCUT2D eigenvalue weighted by atomic mass is 19.4. The van der Waals surface area contributed by atoms with Crippen molar-refractivity contribution < 1.29 is 111 Å². The van der Waals surface area contributed by atoms with Crippen LogP contribution in [0, 0.1) is 23.5 Å². The van der Waals surface area contributed by atoms with Gasteiger partial charge in [-0.3, -0.25) is 57.5 Å². The Morgan fingerprint density at radius 3 is 1.89 bits per heavy atom. The number of carbonyl (C=O) groups is 12. The Kier molecular flexibility index (Phi) is 31.0. The minimum Gasteiger partial charge on any atom is -0.383 e. The molecule has 1 spiro atoms. The van der Waals surface area contributed by atoms with Crippen LogP contribution in [0.1, 0.15) is 133 Å².